The number of amides is 5. The summed E-state index contributed by atoms with van der Waals surface area (Å²) >= 11 is 0. The first-order chi connectivity index (χ1) is 40.4. The van der Waals surface area contributed by atoms with Crippen molar-refractivity contribution in [2.45, 2.75) is 87.4 Å². The number of benzene rings is 6. The third-order valence-electron chi connectivity index (χ3n) is 15.2. The maximum atomic E-state index is 15.1. The molecule has 0 saturated carbocycles. The topological polar surface area (TPSA) is 208 Å². The number of nitrogens with one attached hydrogen (secondary N) is 5. The number of esters is 1. The molecule has 2 heterocycles. The lowest BCUT2D eigenvalue weighted by molar-refractivity contribution is -0.142. The van der Waals surface area contributed by atoms with Gasteiger partial charge < -0.3 is 49.9 Å². The molecule has 17 nitrogen and oxygen atoms in total. The summed E-state index contributed by atoms with van der Waals surface area (Å²) in [4.78, 5) is 88.4. The zero-order valence-corrected chi connectivity index (χ0v) is 47.5. The molecular formula is C65H68N7O10P. The van der Waals surface area contributed by atoms with Crippen LogP contribution in [0.15, 0.2) is 164 Å². The predicted octanol–water partition coefficient (Wildman–Crippen LogP) is 7.58. The Hall–Kier alpha value is -8.81. The van der Waals surface area contributed by atoms with E-state index in [1.807, 2.05) is 134 Å². The molecule has 1 saturated heterocycles. The fourth-order valence-electron chi connectivity index (χ4n) is 11.0. The Morgan fingerprint density at radius 2 is 1.31 bits per heavy atom. The standard InChI is InChI=1S/C65H68N7O10P/c1-4-79-64(77)56(35-42-30-32-46(33-31-42)80-40-43-19-7-5-8-20-43)69-60(73)54(28-17-18-34-66-2)67-61(74)55(36-45-38-71(3)57-29-16-15-23-48(45)57)68-63(76)59(44-21-9-6-10-22-44)70-62(75)58-37-47(82-83)39-72(58)65(78)81-41-53-51-26-13-11-24-49(51)50-25-12-14-27-52(50)53/h1,5-16,19-27,29-33,38,47,53-56,58-59,66H,17-18,28,34-37,39-41,83H2,2-3H3,(H,67,74)(H,68,76)(H,69,73)(H,70,75)/t47?,54-,55?,56-,58?,59-/m1/s1. The van der Waals surface area contributed by atoms with Gasteiger partial charge >= 0.3 is 12.1 Å². The quantitative estimate of drug-likeness (QED) is 0.0163. The van der Waals surface area contributed by atoms with Gasteiger partial charge in [0, 0.05) is 58.8 Å². The first-order valence-electron chi connectivity index (χ1n) is 27.8. The van der Waals surface area contributed by atoms with Gasteiger partial charge in [0.05, 0.1) is 12.6 Å². The monoisotopic (exact) mass is 1140 g/mol. The lowest BCUT2D eigenvalue weighted by Gasteiger charge is -2.28. The van der Waals surface area contributed by atoms with Gasteiger partial charge in [-0.05, 0) is 95.6 Å². The molecule has 6 aromatic carbocycles. The molecule has 0 bridgehead atoms. The molecular weight excluding hydrogens is 1070 g/mol. The third-order valence-corrected chi connectivity index (χ3v) is 15.6. The highest BCUT2D eigenvalue weighted by Gasteiger charge is 2.43. The fraction of sp³-hybridized carbons (Fsp3) is 0.292. The number of nitrogens with zero attached hydrogens (tertiary/aromatic N) is 2. The minimum absolute atomic E-state index is 0.00655. The minimum Gasteiger partial charge on any atom is -0.489 e. The van der Waals surface area contributed by atoms with Crippen molar-refractivity contribution >= 4 is 56.1 Å². The molecule has 2 aliphatic rings. The molecule has 83 heavy (non-hydrogen) atoms. The van der Waals surface area contributed by atoms with E-state index >= 15 is 9.59 Å². The van der Waals surface area contributed by atoms with Crippen molar-refractivity contribution in [3.05, 3.63) is 197 Å². The molecule has 9 rings (SSSR count). The maximum Gasteiger partial charge on any atom is 0.410 e. The molecule has 1 aliphatic heterocycles. The molecule has 0 radical (unpaired) electrons. The van der Waals surface area contributed by atoms with Crippen molar-refractivity contribution in [1.29, 1.82) is 0 Å². The van der Waals surface area contributed by atoms with Crippen LogP contribution in [0.2, 0.25) is 0 Å². The zero-order valence-electron chi connectivity index (χ0n) is 46.3. The van der Waals surface area contributed by atoms with Gasteiger partial charge in [0.2, 0.25) is 23.6 Å². The first kappa shape index (κ1) is 58.8. The fourth-order valence-corrected chi connectivity index (χ4v) is 11.2. The van der Waals surface area contributed by atoms with Crippen molar-refractivity contribution in [2.24, 2.45) is 7.05 Å². The summed E-state index contributed by atoms with van der Waals surface area (Å²) in [7, 11) is 5.89. The van der Waals surface area contributed by atoms with E-state index in [4.69, 9.17) is 25.2 Å². The second-order valence-electron chi connectivity index (χ2n) is 20.7. The van der Waals surface area contributed by atoms with E-state index in [-0.39, 0.29) is 44.8 Å². The summed E-state index contributed by atoms with van der Waals surface area (Å²) < 4.78 is 24.5. The number of unbranched alkanes of at least 4 members (excludes halogenated alkanes) is 1. The highest BCUT2D eigenvalue weighted by Crippen LogP contribution is 2.44. The predicted molar refractivity (Wildman–Crippen MR) is 318 cm³/mol. The summed E-state index contributed by atoms with van der Waals surface area (Å²) in [5.74, 6) is -3.27. The van der Waals surface area contributed by atoms with Crippen molar-refractivity contribution in [1.82, 2.24) is 36.1 Å². The summed E-state index contributed by atoms with van der Waals surface area (Å²) in [5, 5.41) is 15.5. The van der Waals surface area contributed by atoms with Gasteiger partial charge in [0.25, 0.3) is 0 Å². The smallest absolute Gasteiger partial charge is 0.410 e. The van der Waals surface area contributed by atoms with Crippen LogP contribution in [-0.4, -0.2) is 102 Å². The van der Waals surface area contributed by atoms with Crippen molar-refractivity contribution in [3.63, 3.8) is 0 Å². The Bertz CT molecular complexity index is 3400. The van der Waals surface area contributed by atoms with E-state index in [1.54, 1.807) is 54.6 Å². The first-order valence-corrected chi connectivity index (χ1v) is 28.2. The number of carbonyl (C=O) groups is 6. The van der Waals surface area contributed by atoms with Gasteiger partial charge in [-0.1, -0.05) is 146 Å². The van der Waals surface area contributed by atoms with E-state index < -0.39 is 72.0 Å². The van der Waals surface area contributed by atoms with Crippen LogP contribution in [0.5, 0.6) is 5.75 Å². The minimum atomic E-state index is -1.38. The highest BCUT2D eigenvalue weighted by atomic mass is 31.0. The molecule has 0 spiro atoms. The summed E-state index contributed by atoms with van der Waals surface area (Å²) in [5.41, 5.74) is 7.87. The van der Waals surface area contributed by atoms with Gasteiger partial charge in [0.15, 0.2) is 0 Å². The Kier molecular flexibility index (Phi) is 20.0. The molecule has 7 atom stereocenters. The molecule has 5 N–H and O–H groups in total. The van der Waals surface area contributed by atoms with E-state index in [0.717, 1.165) is 44.3 Å². The van der Waals surface area contributed by atoms with Crippen LogP contribution >= 0.6 is 9.47 Å². The number of para-hydroxylation sites is 1. The SMILES string of the molecule is C#COC(=O)[C@@H](Cc1ccc(OCc2ccccc2)cc1)NC(=O)[C@@H](CCCCNC)NC(=O)C(Cc1cn(C)c2ccccc12)NC(=O)[C@H](NC(=O)C1CC(OP)CN1C(=O)OCC1c2ccccc2-c2ccccc21)c1ccccc1. The molecule has 1 fully saturated rings. The number of rotatable bonds is 25. The second kappa shape index (κ2) is 28.3. The van der Waals surface area contributed by atoms with Gasteiger partial charge in [-0.3, -0.25) is 24.1 Å². The lowest BCUT2D eigenvalue weighted by Crippen LogP contribution is -2.57. The number of ether oxygens (including phenoxy) is 3. The van der Waals surface area contributed by atoms with Crippen molar-refractivity contribution in [3.8, 4) is 29.4 Å². The van der Waals surface area contributed by atoms with Gasteiger partial charge in [-0.15, -0.1) is 0 Å². The van der Waals surface area contributed by atoms with Crippen LogP contribution in [0.4, 0.5) is 4.79 Å². The van der Waals surface area contributed by atoms with Crippen LogP contribution in [0.3, 0.4) is 0 Å². The molecule has 7 aromatic rings. The van der Waals surface area contributed by atoms with E-state index in [0.29, 0.717) is 42.9 Å². The zero-order chi connectivity index (χ0) is 58.2. The molecule has 4 unspecified atom stereocenters. The van der Waals surface area contributed by atoms with Gasteiger partial charge in [-0.25, -0.2) is 9.59 Å². The number of aromatic nitrogens is 1. The number of carbonyl (C=O) groups excluding carboxylic acids is 6. The van der Waals surface area contributed by atoms with E-state index in [2.05, 4.69) is 36.1 Å². The second-order valence-corrected chi connectivity index (χ2v) is 21.0. The Labute approximate surface area is 485 Å². The normalized spacial score (nSPS) is 15.8. The molecule has 1 aromatic heterocycles. The third kappa shape index (κ3) is 14.6. The number of terminal acetylenes is 1. The van der Waals surface area contributed by atoms with Crippen molar-refractivity contribution in [2.75, 3.05) is 26.7 Å². The average Bonchev–Trinajstić information content (AvgIpc) is 4.37. The number of hydrogen-bond donors (Lipinski definition) is 5. The van der Waals surface area contributed by atoms with Crippen LogP contribution in [-0.2, 0) is 64.5 Å². The van der Waals surface area contributed by atoms with Crippen molar-refractivity contribution < 1.29 is 47.5 Å². The number of likely N-dealkylation sites (tertiary alicyclic amines) is 1. The van der Waals surface area contributed by atoms with Crippen LogP contribution in [0, 0.1) is 12.5 Å². The van der Waals surface area contributed by atoms with Crippen LogP contribution in [0.1, 0.15) is 71.0 Å². The van der Waals surface area contributed by atoms with Crippen LogP contribution < -0.4 is 31.3 Å². The van der Waals surface area contributed by atoms with Crippen LogP contribution in [0.25, 0.3) is 22.0 Å². The van der Waals surface area contributed by atoms with E-state index in [9.17, 15) is 19.2 Å². The van der Waals surface area contributed by atoms with Gasteiger partial charge in [0.1, 0.15) is 55.3 Å². The number of fused-ring (bicyclic) bond motifs is 4. The maximum absolute atomic E-state index is 15.1. The Morgan fingerprint density at radius 3 is 2.00 bits per heavy atom. The lowest BCUT2D eigenvalue weighted by atomic mass is 9.98. The largest absolute Gasteiger partial charge is 0.489 e. The number of aryl methyl sites for hydroxylation is 1. The Balaban J connectivity index is 0.945. The van der Waals surface area contributed by atoms with Gasteiger partial charge in [-0.2, -0.15) is 0 Å². The Morgan fingerprint density at radius 1 is 0.687 bits per heavy atom. The summed E-state index contributed by atoms with van der Waals surface area (Å²) in [6.45, 7) is 1.05. The molecule has 1 aliphatic carbocycles. The molecule has 18 heteroatoms. The highest BCUT2D eigenvalue weighted by molar-refractivity contribution is 7.09. The molecule has 5 amide bonds. The molecule has 428 valence electrons. The average molecular weight is 1140 g/mol. The number of hydrogen-bond acceptors (Lipinski definition) is 11. The van der Waals surface area contributed by atoms with E-state index in [1.165, 1.54) is 4.90 Å². The summed E-state index contributed by atoms with van der Waals surface area (Å²) in [6.07, 6.45) is 9.30. The summed E-state index contributed by atoms with van der Waals surface area (Å²) in [6, 6.07) is 42.7.